The maximum absolute atomic E-state index is 13.2. The minimum atomic E-state index is -0.157. The fourth-order valence-electron chi connectivity index (χ4n) is 2.26. The lowest BCUT2D eigenvalue weighted by atomic mass is 10.0. The first-order chi connectivity index (χ1) is 6.43. The topological polar surface area (TPSA) is 26.0 Å². The van der Waals surface area contributed by atoms with E-state index in [-0.39, 0.29) is 17.3 Å². The molecule has 2 heteroatoms. The SMILES string of the molecule is Cc1cc(F)cc([C@@H]2[C@@H](N)C2(C)C)c1. The molecule has 0 amide bonds. The van der Waals surface area contributed by atoms with Crippen molar-refractivity contribution >= 4 is 0 Å². The van der Waals surface area contributed by atoms with Gasteiger partial charge in [-0.25, -0.2) is 4.39 Å². The third kappa shape index (κ3) is 1.34. The first kappa shape index (κ1) is 9.66. The zero-order valence-corrected chi connectivity index (χ0v) is 8.84. The van der Waals surface area contributed by atoms with Crippen molar-refractivity contribution in [2.24, 2.45) is 11.1 Å². The summed E-state index contributed by atoms with van der Waals surface area (Å²) in [6.07, 6.45) is 0. The highest BCUT2D eigenvalue weighted by Crippen LogP contribution is 2.57. The summed E-state index contributed by atoms with van der Waals surface area (Å²) >= 11 is 0. The van der Waals surface area contributed by atoms with Gasteiger partial charge in [0.25, 0.3) is 0 Å². The molecule has 0 heterocycles. The summed E-state index contributed by atoms with van der Waals surface area (Å²) in [5.74, 6) is 0.159. The molecule has 0 aromatic heterocycles. The summed E-state index contributed by atoms with van der Waals surface area (Å²) < 4.78 is 13.2. The Bertz CT molecular complexity index is 350. The van der Waals surface area contributed by atoms with E-state index in [1.165, 1.54) is 0 Å². The number of rotatable bonds is 1. The van der Waals surface area contributed by atoms with E-state index in [0.717, 1.165) is 11.1 Å². The molecule has 1 saturated carbocycles. The summed E-state index contributed by atoms with van der Waals surface area (Å²) in [6.45, 7) is 6.17. The van der Waals surface area contributed by atoms with Gasteiger partial charge in [0, 0.05) is 12.0 Å². The van der Waals surface area contributed by atoms with Gasteiger partial charge in [0.1, 0.15) is 5.82 Å². The molecule has 2 atom stereocenters. The third-order valence-corrected chi connectivity index (χ3v) is 3.33. The Balaban J connectivity index is 2.35. The summed E-state index contributed by atoms with van der Waals surface area (Å²) in [5, 5.41) is 0. The second-order valence-corrected chi connectivity index (χ2v) is 4.89. The highest BCUT2D eigenvalue weighted by molar-refractivity contribution is 5.36. The molecule has 1 aliphatic carbocycles. The van der Waals surface area contributed by atoms with Gasteiger partial charge in [-0.3, -0.25) is 0 Å². The third-order valence-electron chi connectivity index (χ3n) is 3.33. The predicted octanol–water partition coefficient (Wildman–Crippen LogP) is 2.58. The smallest absolute Gasteiger partial charge is 0.123 e. The molecular weight excluding hydrogens is 177 g/mol. The Morgan fingerprint density at radius 3 is 2.29 bits per heavy atom. The molecule has 1 aromatic rings. The van der Waals surface area contributed by atoms with Crippen LogP contribution in [0.2, 0.25) is 0 Å². The molecule has 0 saturated heterocycles. The molecule has 0 radical (unpaired) electrons. The van der Waals surface area contributed by atoms with Crippen molar-refractivity contribution < 1.29 is 4.39 Å². The molecular formula is C12H16FN. The molecule has 2 rings (SSSR count). The van der Waals surface area contributed by atoms with Crippen molar-refractivity contribution in [2.75, 3.05) is 0 Å². The number of hydrogen-bond acceptors (Lipinski definition) is 1. The molecule has 0 spiro atoms. The van der Waals surface area contributed by atoms with Crippen LogP contribution in [-0.4, -0.2) is 6.04 Å². The van der Waals surface area contributed by atoms with Crippen LogP contribution < -0.4 is 5.73 Å². The van der Waals surface area contributed by atoms with Crippen LogP contribution in [0.15, 0.2) is 18.2 Å². The number of aryl methyl sites for hydroxylation is 1. The highest BCUT2D eigenvalue weighted by atomic mass is 19.1. The molecule has 1 aromatic carbocycles. The molecule has 0 unspecified atom stereocenters. The Morgan fingerprint density at radius 2 is 1.86 bits per heavy atom. The lowest BCUT2D eigenvalue weighted by molar-refractivity contribution is 0.594. The van der Waals surface area contributed by atoms with Gasteiger partial charge in [-0.1, -0.05) is 19.9 Å². The van der Waals surface area contributed by atoms with E-state index < -0.39 is 0 Å². The van der Waals surface area contributed by atoms with Crippen molar-refractivity contribution in [1.29, 1.82) is 0 Å². The van der Waals surface area contributed by atoms with E-state index in [1.54, 1.807) is 12.1 Å². The van der Waals surface area contributed by atoms with Crippen LogP contribution in [0.3, 0.4) is 0 Å². The molecule has 14 heavy (non-hydrogen) atoms. The molecule has 2 N–H and O–H groups in total. The second-order valence-electron chi connectivity index (χ2n) is 4.89. The molecule has 0 aliphatic heterocycles. The lowest BCUT2D eigenvalue weighted by Gasteiger charge is -2.04. The first-order valence-electron chi connectivity index (χ1n) is 4.95. The van der Waals surface area contributed by atoms with Gasteiger partial charge in [0.05, 0.1) is 0 Å². The van der Waals surface area contributed by atoms with Crippen molar-refractivity contribution in [3.8, 4) is 0 Å². The van der Waals surface area contributed by atoms with Gasteiger partial charge in [-0.05, 0) is 35.6 Å². The number of benzene rings is 1. The first-order valence-corrected chi connectivity index (χ1v) is 4.95. The zero-order chi connectivity index (χ0) is 10.5. The van der Waals surface area contributed by atoms with Gasteiger partial charge in [-0.2, -0.15) is 0 Å². The summed E-state index contributed by atoms with van der Waals surface area (Å²) in [4.78, 5) is 0. The molecule has 1 fully saturated rings. The molecule has 76 valence electrons. The van der Waals surface area contributed by atoms with E-state index in [2.05, 4.69) is 13.8 Å². The van der Waals surface area contributed by atoms with E-state index in [9.17, 15) is 4.39 Å². The minimum Gasteiger partial charge on any atom is -0.327 e. The van der Waals surface area contributed by atoms with Crippen molar-refractivity contribution in [3.63, 3.8) is 0 Å². The summed E-state index contributed by atoms with van der Waals surface area (Å²) in [7, 11) is 0. The Hall–Kier alpha value is -0.890. The Labute approximate surface area is 84.1 Å². The van der Waals surface area contributed by atoms with E-state index >= 15 is 0 Å². The Kier molecular flexibility index (Phi) is 1.93. The van der Waals surface area contributed by atoms with E-state index in [4.69, 9.17) is 5.73 Å². The summed E-state index contributed by atoms with van der Waals surface area (Å²) in [6, 6.07) is 5.35. The molecule has 0 bridgehead atoms. The van der Waals surface area contributed by atoms with Gasteiger partial charge in [0.15, 0.2) is 0 Å². The van der Waals surface area contributed by atoms with Crippen molar-refractivity contribution in [2.45, 2.75) is 32.7 Å². The van der Waals surface area contributed by atoms with Crippen LogP contribution in [0.25, 0.3) is 0 Å². The van der Waals surface area contributed by atoms with Crippen LogP contribution in [0, 0.1) is 18.2 Å². The quantitative estimate of drug-likeness (QED) is 0.729. The van der Waals surface area contributed by atoms with Gasteiger partial charge in [0.2, 0.25) is 0 Å². The van der Waals surface area contributed by atoms with Gasteiger partial charge in [-0.15, -0.1) is 0 Å². The minimum absolute atomic E-state index is 0.125. The van der Waals surface area contributed by atoms with E-state index in [0.29, 0.717) is 5.92 Å². The largest absolute Gasteiger partial charge is 0.327 e. The van der Waals surface area contributed by atoms with Crippen LogP contribution >= 0.6 is 0 Å². The second kappa shape index (κ2) is 2.80. The number of hydrogen-bond donors (Lipinski definition) is 1. The number of halogens is 1. The normalized spacial score (nSPS) is 28.9. The van der Waals surface area contributed by atoms with Gasteiger partial charge < -0.3 is 5.73 Å². The highest BCUT2D eigenvalue weighted by Gasteiger charge is 2.56. The van der Waals surface area contributed by atoms with Crippen LogP contribution in [-0.2, 0) is 0 Å². The molecule has 1 nitrogen and oxygen atoms in total. The maximum Gasteiger partial charge on any atom is 0.123 e. The van der Waals surface area contributed by atoms with Crippen LogP contribution in [0.5, 0.6) is 0 Å². The average Bonchev–Trinajstić information content (AvgIpc) is 2.48. The van der Waals surface area contributed by atoms with E-state index in [1.807, 2.05) is 13.0 Å². The fraction of sp³-hybridized carbons (Fsp3) is 0.500. The fourth-order valence-corrected chi connectivity index (χ4v) is 2.26. The maximum atomic E-state index is 13.2. The predicted molar refractivity (Wildman–Crippen MR) is 55.6 cm³/mol. The monoisotopic (exact) mass is 193 g/mol. The van der Waals surface area contributed by atoms with Crippen molar-refractivity contribution in [1.82, 2.24) is 0 Å². The Morgan fingerprint density at radius 1 is 1.29 bits per heavy atom. The molecule has 1 aliphatic rings. The standard InChI is InChI=1S/C12H16FN/c1-7-4-8(6-9(13)5-7)10-11(14)12(10,2)3/h4-6,10-11H,14H2,1-3H3/t10-,11-/m1/s1. The average molecular weight is 193 g/mol. The van der Waals surface area contributed by atoms with Crippen molar-refractivity contribution in [3.05, 3.63) is 35.1 Å². The number of nitrogens with two attached hydrogens (primary N) is 1. The van der Waals surface area contributed by atoms with Crippen LogP contribution in [0.4, 0.5) is 4.39 Å². The summed E-state index contributed by atoms with van der Waals surface area (Å²) in [5.41, 5.74) is 8.09. The zero-order valence-electron chi connectivity index (χ0n) is 8.84. The van der Waals surface area contributed by atoms with Gasteiger partial charge >= 0.3 is 0 Å². The lowest BCUT2D eigenvalue weighted by Crippen LogP contribution is -2.06. The van der Waals surface area contributed by atoms with Crippen LogP contribution in [0.1, 0.15) is 30.9 Å².